The third kappa shape index (κ3) is 4.17. The van der Waals surface area contributed by atoms with E-state index in [9.17, 15) is 13.2 Å². The summed E-state index contributed by atoms with van der Waals surface area (Å²) in [6.45, 7) is 6.84. The highest BCUT2D eigenvalue weighted by Gasteiger charge is 2.33. The van der Waals surface area contributed by atoms with Crippen molar-refractivity contribution in [2.45, 2.75) is 39.7 Å². The largest absolute Gasteiger partial charge is 0.353 e. The summed E-state index contributed by atoms with van der Waals surface area (Å²) >= 11 is 0. The first-order chi connectivity index (χ1) is 9.16. The van der Waals surface area contributed by atoms with Crippen molar-refractivity contribution < 1.29 is 13.2 Å². The predicted molar refractivity (Wildman–Crippen MR) is 79.3 cm³/mol. The van der Waals surface area contributed by atoms with Gasteiger partial charge in [-0.3, -0.25) is 4.79 Å². The fourth-order valence-electron chi connectivity index (χ4n) is 2.11. The van der Waals surface area contributed by atoms with Crippen LogP contribution in [-0.4, -0.2) is 56.2 Å². The third-order valence-electron chi connectivity index (χ3n) is 3.91. The van der Waals surface area contributed by atoms with Gasteiger partial charge in [0.1, 0.15) is 0 Å². The number of hydrogen-bond acceptors (Lipinski definition) is 3. The summed E-state index contributed by atoms with van der Waals surface area (Å²) in [7, 11) is -0.397. The van der Waals surface area contributed by atoms with Gasteiger partial charge in [-0.2, -0.15) is 17.0 Å². The summed E-state index contributed by atoms with van der Waals surface area (Å²) in [5, 5.41) is 2.98. The zero-order valence-electron chi connectivity index (χ0n) is 13.1. The van der Waals surface area contributed by atoms with Crippen molar-refractivity contribution in [2.75, 3.05) is 27.2 Å². The lowest BCUT2D eigenvalue weighted by molar-refractivity contribution is -0.127. The fraction of sp³-hybridized carbons (Fsp3) is 0.923. The van der Waals surface area contributed by atoms with E-state index in [0.717, 1.165) is 12.8 Å². The monoisotopic (exact) mass is 305 g/mol. The maximum Gasteiger partial charge on any atom is 0.281 e. The number of carbonyl (C=O) groups is 1. The summed E-state index contributed by atoms with van der Waals surface area (Å²) < 4.78 is 26.8. The maximum atomic E-state index is 12.2. The van der Waals surface area contributed by atoms with Gasteiger partial charge in [0.2, 0.25) is 5.91 Å². The summed E-state index contributed by atoms with van der Waals surface area (Å²) in [6, 6.07) is 0.100. The van der Waals surface area contributed by atoms with Crippen molar-refractivity contribution in [1.29, 1.82) is 0 Å². The van der Waals surface area contributed by atoms with Crippen molar-refractivity contribution in [2.24, 2.45) is 11.8 Å². The zero-order valence-corrected chi connectivity index (χ0v) is 13.9. The molecule has 0 saturated carbocycles. The first-order valence-corrected chi connectivity index (χ1v) is 8.54. The first-order valence-electron chi connectivity index (χ1n) is 7.14. The van der Waals surface area contributed by atoms with E-state index in [2.05, 4.69) is 19.2 Å². The lowest BCUT2D eigenvalue weighted by atomic mass is 9.97. The van der Waals surface area contributed by atoms with E-state index in [1.165, 1.54) is 22.7 Å². The van der Waals surface area contributed by atoms with Crippen molar-refractivity contribution >= 4 is 16.1 Å². The quantitative estimate of drug-likeness (QED) is 0.811. The van der Waals surface area contributed by atoms with Gasteiger partial charge in [-0.05, 0) is 25.7 Å². The predicted octanol–water partition coefficient (Wildman–Crippen LogP) is 0.666. The first kappa shape index (κ1) is 17.4. The minimum Gasteiger partial charge on any atom is -0.353 e. The molecule has 0 unspecified atom stereocenters. The Morgan fingerprint density at radius 3 is 2.40 bits per heavy atom. The molecule has 1 rings (SSSR count). The average molecular weight is 305 g/mol. The molecule has 0 bridgehead atoms. The van der Waals surface area contributed by atoms with Gasteiger partial charge in [0.05, 0.1) is 5.92 Å². The summed E-state index contributed by atoms with van der Waals surface area (Å²) in [4.78, 5) is 12.2. The van der Waals surface area contributed by atoms with E-state index in [0.29, 0.717) is 12.5 Å². The van der Waals surface area contributed by atoms with E-state index < -0.39 is 10.2 Å². The van der Waals surface area contributed by atoms with Gasteiger partial charge in [0, 0.05) is 33.2 Å². The van der Waals surface area contributed by atoms with Gasteiger partial charge in [-0.15, -0.1) is 0 Å². The maximum absolute atomic E-state index is 12.2. The molecular weight excluding hydrogens is 278 g/mol. The topological polar surface area (TPSA) is 69.7 Å². The number of piperidine rings is 1. The highest BCUT2D eigenvalue weighted by Crippen LogP contribution is 2.20. The summed E-state index contributed by atoms with van der Waals surface area (Å²) in [5.41, 5.74) is 0. The van der Waals surface area contributed by atoms with Gasteiger partial charge >= 0.3 is 0 Å². The summed E-state index contributed by atoms with van der Waals surface area (Å²) in [5.74, 6) is 0.0775. The van der Waals surface area contributed by atoms with E-state index in [1.54, 1.807) is 0 Å². The normalized spacial score (nSPS) is 23.1. The number of carbonyl (C=O) groups excluding carboxylic acids is 1. The Balaban J connectivity index is 2.68. The van der Waals surface area contributed by atoms with E-state index in [-0.39, 0.29) is 24.4 Å². The molecule has 1 aliphatic rings. The number of nitrogens with zero attached hydrogens (tertiary/aromatic N) is 2. The molecule has 0 aliphatic carbocycles. The van der Waals surface area contributed by atoms with Gasteiger partial charge in [0.25, 0.3) is 10.2 Å². The van der Waals surface area contributed by atoms with Crippen LogP contribution < -0.4 is 5.32 Å². The zero-order chi connectivity index (χ0) is 15.5. The minimum atomic E-state index is -3.42. The van der Waals surface area contributed by atoms with Crippen LogP contribution in [0.2, 0.25) is 0 Å². The van der Waals surface area contributed by atoms with Gasteiger partial charge in [-0.1, -0.05) is 13.8 Å². The molecular formula is C13H27N3O3S. The minimum absolute atomic E-state index is 0.0372. The second-order valence-electron chi connectivity index (χ2n) is 6.03. The van der Waals surface area contributed by atoms with Gasteiger partial charge < -0.3 is 5.32 Å². The molecule has 1 amide bonds. The molecule has 6 nitrogen and oxygen atoms in total. The van der Waals surface area contributed by atoms with Crippen LogP contribution >= 0.6 is 0 Å². The lowest BCUT2D eigenvalue weighted by Gasteiger charge is -2.33. The number of hydrogen-bond donors (Lipinski definition) is 1. The van der Waals surface area contributed by atoms with Gasteiger partial charge in [0.15, 0.2) is 0 Å². The lowest BCUT2D eigenvalue weighted by Crippen LogP contribution is -2.50. The third-order valence-corrected chi connectivity index (χ3v) is 5.82. The molecule has 0 aromatic rings. The van der Waals surface area contributed by atoms with Crippen LogP contribution in [0.25, 0.3) is 0 Å². The number of rotatable bonds is 5. The highest BCUT2D eigenvalue weighted by atomic mass is 32.2. The Hall–Kier alpha value is -0.660. The Labute approximate surface area is 122 Å². The number of amides is 1. The second-order valence-corrected chi connectivity index (χ2v) is 8.17. The molecule has 1 heterocycles. The van der Waals surface area contributed by atoms with Crippen LogP contribution in [0.3, 0.4) is 0 Å². The molecule has 118 valence electrons. The Bertz CT molecular complexity index is 434. The van der Waals surface area contributed by atoms with E-state index in [4.69, 9.17) is 0 Å². The molecule has 1 saturated heterocycles. The fourth-order valence-corrected chi connectivity index (χ4v) is 3.30. The molecule has 0 spiro atoms. The molecule has 7 heteroatoms. The van der Waals surface area contributed by atoms with E-state index in [1.807, 2.05) is 6.92 Å². The number of nitrogens with one attached hydrogen (secondary N) is 1. The Kier molecular flexibility index (Phi) is 5.97. The molecule has 0 aromatic heterocycles. The van der Waals surface area contributed by atoms with Crippen LogP contribution in [0.1, 0.15) is 33.6 Å². The van der Waals surface area contributed by atoms with E-state index >= 15 is 0 Å². The van der Waals surface area contributed by atoms with Crippen LogP contribution in [0.4, 0.5) is 0 Å². The van der Waals surface area contributed by atoms with Crippen LogP contribution in [0, 0.1) is 11.8 Å². The molecule has 0 radical (unpaired) electrons. The van der Waals surface area contributed by atoms with Crippen LogP contribution in [-0.2, 0) is 15.0 Å². The van der Waals surface area contributed by atoms with Crippen molar-refractivity contribution in [3.63, 3.8) is 0 Å². The van der Waals surface area contributed by atoms with Crippen molar-refractivity contribution in [3.8, 4) is 0 Å². The smallest absolute Gasteiger partial charge is 0.281 e. The average Bonchev–Trinajstić information content (AvgIpc) is 2.38. The van der Waals surface area contributed by atoms with Crippen LogP contribution in [0.5, 0.6) is 0 Å². The molecule has 1 aliphatic heterocycles. The Morgan fingerprint density at radius 1 is 1.30 bits per heavy atom. The SMILES string of the molecule is CC(C)[C@@H](C)NC(=O)[C@H]1CCCN(S(=O)(=O)N(C)C)C1. The highest BCUT2D eigenvalue weighted by molar-refractivity contribution is 7.86. The molecule has 0 aromatic carbocycles. The molecule has 1 fully saturated rings. The van der Waals surface area contributed by atoms with Crippen molar-refractivity contribution in [3.05, 3.63) is 0 Å². The molecule has 20 heavy (non-hydrogen) atoms. The summed E-state index contributed by atoms with van der Waals surface area (Å²) in [6.07, 6.45) is 1.47. The molecule has 2 atom stereocenters. The van der Waals surface area contributed by atoms with Gasteiger partial charge in [-0.25, -0.2) is 0 Å². The second kappa shape index (κ2) is 6.87. The standard InChI is InChI=1S/C13H27N3O3S/c1-10(2)11(3)14-13(17)12-7-6-8-16(9-12)20(18,19)15(4)5/h10-12H,6-9H2,1-5H3,(H,14,17)/t11-,12+/m1/s1. The molecule has 1 N–H and O–H groups in total. The van der Waals surface area contributed by atoms with Crippen LogP contribution in [0.15, 0.2) is 0 Å². The Morgan fingerprint density at radius 2 is 1.90 bits per heavy atom. The van der Waals surface area contributed by atoms with Crippen molar-refractivity contribution in [1.82, 2.24) is 13.9 Å².